The highest BCUT2D eigenvalue weighted by molar-refractivity contribution is 7.89. The van der Waals surface area contributed by atoms with Crippen molar-refractivity contribution in [3.05, 3.63) is 28.3 Å². The third-order valence-electron chi connectivity index (χ3n) is 4.57. The summed E-state index contributed by atoms with van der Waals surface area (Å²) < 4.78 is 28.2. The van der Waals surface area contributed by atoms with Crippen molar-refractivity contribution in [2.75, 3.05) is 19.6 Å². The molecule has 5 heteroatoms. The van der Waals surface area contributed by atoms with Crippen molar-refractivity contribution in [1.82, 2.24) is 9.62 Å². The Balaban J connectivity index is 2.65. The van der Waals surface area contributed by atoms with E-state index in [0.29, 0.717) is 24.5 Å². The van der Waals surface area contributed by atoms with Gasteiger partial charge in [0.25, 0.3) is 0 Å². The first-order chi connectivity index (χ1) is 9.59. The molecule has 0 radical (unpaired) electrons. The fraction of sp³-hybridized carbons (Fsp3) is 0.625. The lowest BCUT2D eigenvalue weighted by Crippen LogP contribution is -2.59. The van der Waals surface area contributed by atoms with Crippen LogP contribution in [0.3, 0.4) is 0 Å². The van der Waals surface area contributed by atoms with Crippen LogP contribution in [0.4, 0.5) is 0 Å². The van der Waals surface area contributed by atoms with E-state index in [1.807, 2.05) is 41.5 Å². The van der Waals surface area contributed by atoms with Crippen LogP contribution in [0, 0.1) is 27.7 Å². The molecule has 0 amide bonds. The van der Waals surface area contributed by atoms with Crippen LogP contribution in [0.15, 0.2) is 11.0 Å². The predicted octanol–water partition coefficient (Wildman–Crippen LogP) is 2.29. The SMILES string of the molecule is Cc1cc(C)c(C)c(S(=O)(=O)N2CCNCC2(C)C)c1C. The number of rotatable bonds is 2. The summed E-state index contributed by atoms with van der Waals surface area (Å²) in [5.41, 5.74) is 3.39. The van der Waals surface area contributed by atoms with Crippen molar-refractivity contribution in [2.45, 2.75) is 52.0 Å². The molecule has 1 aliphatic heterocycles. The lowest BCUT2D eigenvalue weighted by Gasteiger charge is -2.42. The number of sulfonamides is 1. The Morgan fingerprint density at radius 3 is 2.10 bits per heavy atom. The molecule has 0 aliphatic carbocycles. The summed E-state index contributed by atoms with van der Waals surface area (Å²) >= 11 is 0. The van der Waals surface area contributed by atoms with Gasteiger partial charge in [-0.2, -0.15) is 4.31 Å². The molecule has 1 aromatic carbocycles. The van der Waals surface area contributed by atoms with Gasteiger partial charge in [0.05, 0.1) is 4.90 Å². The van der Waals surface area contributed by atoms with Crippen molar-refractivity contribution >= 4 is 10.0 Å². The monoisotopic (exact) mass is 310 g/mol. The Kier molecular flexibility index (Phi) is 4.21. The molecule has 0 aromatic heterocycles. The van der Waals surface area contributed by atoms with Crippen LogP contribution >= 0.6 is 0 Å². The molecule has 21 heavy (non-hydrogen) atoms. The van der Waals surface area contributed by atoms with E-state index >= 15 is 0 Å². The Labute approximate surface area is 128 Å². The number of hydrogen-bond acceptors (Lipinski definition) is 3. The minimum absolute atomic E-state index is 0.409. The normalized spacial score (nSPS) is 19.7. The second kappa shape index (κ2) is 5.38. The van der Waals surface area contributed by atoms with E-state index in [-0.39, 0.29) is 0 Å². The molecule has 118 valence electrons. The van der Waals surface area contributed by atoms with Crippen LogP contribution in [-0.2, 0) is 10.0 Å². The lowest BCUT2D eigenvalue weighted by atomic mass is 10.0. The largest absolute Gasteiger partial charge is 0.314 e. The summed E-state index contributed by atoms with van der Waals surface area (Å²) in [5.74, 6) is 0. The molecule has 2 rings (SSSR count). The molecule has 0 bridgehead atoms. The Bertz CT molecular complexity index is 637. The van der Waals surface area contributed by atoms with Crippen LogP contribution in [-0.4, -0.2) is 37.9 Å². The van der Waals surface area contributed by atoms with E-state index in [2.05, 4.69) is 11.4 Å². The zero-order chi connectivity index (χ0) is 16.0. The summed E-state index contributed by atoms with van der Waals surface area (Å²) in [5, 5.41) is 3.27. The van der Waals surface area contributed by atoms with Crippen LogP contribution in [0.5, 0.6) is 0 Å². The quantitative estimate of drug-likeness (QED) is 0.912. The Hall–Kier alpha value is -0.910. The highest BCUT2D eigenvalue weighted by Crippen LogP contribution is 2.32. The van der Waals surface area contributed by atoms with Crippen molar-refractivity contribution < 1.29 is 8.42 Å². The van der Waals surface area contributed by atoms with Crippen molar-refractivity contribution in [2.24, 2.45) is 0 Å². The first-order valence-electron chi connectivity index (χ1n) is 7.40. The zero-order valence-electron chi connectivity index (χ0n) is 13.9. The topological polar surface area (TPSA) is 49.4 Å². The van der Waals surface area contributed by atoms with E-state index in [1.54, 1.807) is 4.31 Å². The van der Waals surface area contributed by atoms with Gasteiger partial charge in [-0.3, -0.25) is 0 Å². The summed E-state index contributed by atoms with van der Waals surface area (Å²) in [4.78, 5) is 0.495. The zero-order valence-corrected chi connectivity index (χ0v) is 14.7. The third kappa shape index (κ3) is 2.74. The number of piperazine rings is 1. The molecule has 1 N–H and O–H groups in total. The molecular weight excluding hydrogens is 284 g/mol. The Morgan fingerprint density at radius 2 is 1.62 bits per heavy atom. The molecule has 0 unspecified atom stereocenters. The fourth-order valence-corrected chi connectivity index (χ4v) is 5.45. The highest BCUT2D eigenvalue weighted by Gasteiger charge is 2.40. The molecule has 1 heterocycles. The molecule has 1 aromatic rings. The predicted molar refractivity (Wildman–Crippen MR) is 86.2 cm³/mol. The minimum Gasteiger partial charge on any atom is -0.314 e. The summed E-state index contributed by atoms with van der Waals surface area (Å²) in [6.07, 6.45) is 0. The minimum atomic E-state index is -3.48. The standard InChI is InChI=1S/C16H26N2O2S/c1-11-9-12(2)14(4)15(13(11)3)21(19,20)18-8-7-17-10-16(18,5)6/h9,17H,7-8,10H2,1-6H3. The van der Waals surface area contributed by atoms with Gasteiger partial charge < -0.3 is 5.32 Å². The molecular formula is C16H26N2O2S. The number of aryl methyl sites for hydroxylation is 2. The summed E-state index contributed by atoms with van der Waals surface area (Å²) in [6, 6.07) is 2.06. The first kappa shape index (κ1) is 16.5. The van der Waals surface area contributed by atoms with E-state index < -0.39 is 15.6 Å². The van der Waals surface area contributed by atoms with Gasteiger partial charge in [-0.15, -0.1) is 0 Å². The van der Waals surface area contributed by atoms with Gasteiger partial charge in [0.2, 0.25) is 10.0 Å². The molecule has 0 spiro atoms. The number of nitrogens with one attached hydrogen (secondary N) is 1. The first-order valence-corrected chi connectivity index (χ1v) is 8.84. The van der Waals surface area contributed by atoms with Crippen LogP contribution in [0.25, 0.3) is 0 Å². The van der Waals surface area contributed by atoms with Crippen LogP contribution in [0.2, 0.25) is 0 Å². The lowest BCUT2D eigenvalue weighted by molar-refractivity contribution is 0.186. The van der Waals surface area contributed by atoms with E-state index in [0.717, 1.165) is 22.3 Å². The Morgan fingerprint density at radius 1 is 1.10 bits per heavy atom. The number of nitrogens with zero attached hydrogens (tertiary/aromatic N) is 1. The van der Waals surface area contributed by atoms with Gasteiger partial charge in [-0.05, 0) is 63.8 Å². The van der Waals surface area contributed by atoms with Gasteiger partial charge >= 0.3 is 0 Å². The summed E-state index contributed by atoms with van der Waals surface area (Å²) in [6.45, 7) is 13.6. The maximum atomic E-state index is 13.2. The second-order valence-electron chi connectivity index (χ2n) is 6.66. The third-order valence-corrected chi connectivity index (χ3v) is 6.96. The van der Waals surface area contributed by atoms with E-state index in [9.17, 15) is 8.42 Å². The number of hydrogen-bond donors (Lipinski definition) is 1. The van der Waals surface area contributed by atoms with Crippen LogP contribution in [0.1, 0.15) is 36.1 Å². The average molecular weight is 310 g/mol. The van der Waals surface area contributed by atoms with E-state index in [1.165, 1.54) is 0 Å². The smallest absolute Gasteiger partial charge is 0.244 e. The maximum Gasteiger partial charge on any atom is 0.244 e. The number of benzene rings is 1. The van der Waals surface area contributed by atoms with Gasteiger partial charge in [-0.25, -0.2) is 8.42 Å². The van der Waals surface area contributed by atoms with Gasteiger partial charge in [0, 0.05) is 25.2 Å². The van der Waals surface area contributed by atoms with Crippen molar-refractivity contribution in [3.63, 3.8) is 0 Å². The molecule has 0 atom stereocenters. The summed E-state index contributed by atoms with van der Waals surface area (Å²) in [7, 11) is -3.48. The van der Waals surface area contributed by atoms with Crippen LogP contribution < -0.4 is 5.32 Å². The average Bonchev–Trinajstić information content (AvgIpc) is 2.35. The molecule has 1 saturated heterocycles. The molecule has 4 nitrogen and oxygen atoms in total. The maximum absolute atomic E-state index is 13.2. The molecule has 0 saturated carbocycles. The van der Waals surface area contributed by atoms with Crippen molar-refractivity contribution in [3.8, 4) is 0 Å². The van der Waals surface area contributed by atoms with Gasteiger partial charge in [0.15, 0.2) is 0 Å². The van der Waals surface area contributed by atoms with Crippen molar-refractivity contribution in [1.29, 1.82) is 0 Å². The van der Waals surface area contributed by atoms with Gasteiger partial charge in [0.1, 0.15) is 0 Å². The highest BCUT2D eigenvalue weighted by atomic mass is 32.2. The second-order valence-corrected chi connectivity index (χ2v) is 8.46. The van der Waals surface area contributed by atoms with Gasteiger partial charge in [-0.1, -0.05) is 6.07 Å². The van der Waals surface area contributed by atoms with E-state index in [4.69, 9.17) is 0 Å². The fourth-order valence-electron chi connectivity index (χ4n) is 3.09. The molecule has 1 fully saturated rings. The molecule has 1 aliphatic rings.